The van der Waals surface area contributed by atoms with E-state index in [1.165, 1.54) is 60.9 Å². The Morgan fingerprint density at radius 3 is 2.30 bits per heavy atom. The van der Waals surface area contributed by atoms with Crippen molar-refractivity contribution >= 4 is 27.3 Å². The minimum Gasteiger partial charge on any atom is -0.319 e. The number of aromatic nitrogens is 1. The summed E-state index contributed by atoms with van der Waals surface area (Å²) in [6, 6.07) is 12.9. The number of carbonyl (C=O) groups is 1. The van der Waals surface area contributed by atoms with Gasteiger partial charge in [-0.15, -0.1) is 0 Å². The van der Waals surface area contributed by atoms with Crippen LogP contribution in [0.25, 0.3) is 0 Å². The predicted octanol–water partition coefficient (Wildman–Crippen LogP) is 3.58. The van der Waals surface area contributed by atoms with E-state index in [2.05, 4.69) is 15.0 Å². The minimum absolute atomic E-state index is 0.00243. The van der Waals surface area contributed by atoms with E-state index < -0.39 is 21.7 Å². The van der Waals surface area contributed by atoms with Crippen LogP contribution in [-0.4, -0.2) is 19.3 Å². The van der Waals surface area contributed by atoms with Crippen LogP contribution in [0.15, 0.2) is 71.9 Å². The Kier molecular flexibility index (Phi) is 5.18. The van der Waals surface area contributed by atoms with Crippen LogP contribution in [0.4, 0.5) is 15.8 Å². The fourth-order valence-corrected chi connectivity index (χ4v) is 3.39. The summed E-state index contributed by atoms with van der Waals surface area (Å²) in [5, 5.41) is 2.47. The number of hydrogen-bond acceptors (Lipinski definition) is 4. The molecule has 0 aliphatic carbocycles. The molecule has 8 heteroatoms. The lowest BCUT2D eigenvalue weighted by Crippen LogP contribution is -2.15. The highest BCUT2D eigenvalue weighted by molar-refractivity contribution is 7.92. The molecule has 0 aliphatic heterocycles. The molecule has 0 aliphatic rings. The lowest BCUT2D eigenvalue weighted by Gasteiger charge is -2.09. The van der Waals surface area contributed by atoms with Gasteiger partial charge in [-0.25, -0.2) is 12.8 Å². The van der Waals surface area contributed by atoms with Crippen LogP contribution in [0.2, 0.25) is 0 Å². The topological polar surface area (TPSA) is 88.2 Å². The van der Waals surface area contributed by atoms with Gasteiger partial charge in [0.1, 0.15) is 5.82 Å². The summed E-state index contributed by atoms with van der Waals surface area (Å²) in [4.78, 5) is 16.1. The average Bonchev–Trinajstić information content (AvgIpc) is 2.64. The van der Waals surface area contributed by atoms with Gasteiger partial charge in [0.05, 0.1) is 16.3 Å². The van der Waals surface area contributed by atoms with Crippen molar-refractivity contribution in [2.45, 2.75) is 11.8 Å². The maximum absolute atomic E-state index is 13.8. The van der Waals surface area contributed by atoms with E-state index in [1.807, 2.05) is 0 Å². The molecule has 2 aromatic carbocycles. The predicted molar refractivity (Wildman–Crippen MR) is 101 cm³/mol. The van der Waals surface area contributed by atoms with Crippen LogP contribution in [0.5, 0.6) is 0 Å². The van der Waals surface area contributed by atoms with Gasteiger partial charge >= 0.3 is 0 Å². The number of nitrogens with one attached hydrogen (secondary N) is 2. The maximum Gasteiger partial charge on any atom is 0.261 e. The van der Waals surface area contributed by atoms with Gasteiger partial charge < -0.3 is 5.32 Å². The molecule has 3 aromatic rings. The van der Waals surface area contributed by atoms with Crippen LogP contribution in [0, 0.1) is 12.7 Å². The normalized spacial score (nSPS) is 11.0. The number of anilines is 2. The third kappa shape index (κ3) is 4.48. The molecule has 1 heterocycles. The Hall–Kier alpha value is -3.26. The van der Waals surface area contributed by atoms with E-state index in [-0.39, 0.29) is 16.1 Å². The summed E-state index contributed by atoms with van der Waals surface area (Å²) in [7, 11) is -3.80. The third-order valence-corrected chi connectivity index (χ3v) is 5.13. The number of nitrogens with zero attached hydrogens (tertiary/aromatic N) is 1. The van der Waals surface area contributed by atoms with Gasteiger partial charge in [-0.1, -0.05) is 6.07 Å². The standard InChI is InChI=1S/C19H16FN3O3S/c1-13-2-7-18(17(20)12-13)22-19(24)14-3-5-16(6-4-14)27(25,26)23-15-8-10-21-11-9-15/h2-12H,1H3,(H,21,23)(H,22,24). The van der Waals surface area contributed by atoms with Crippen molar-refractivity contribution < 1.29 is 17.6 Å². The molecule has 6 nitrogen and oxygen atoms in total. The second-order valence-electron chi connectivity index (χ2n) is 5.80. The van der Waals surface area contributed by atoms with Crippen molar-refractivity contribution in [3.63, 3.8) is 0 Å². The summed E-state index contributed by atoms with van der Waals surface area (Å²) >= 11 is 0. The van der Waals surface area contributed by atoms with Crippen LogP contribution < -0.4 is 10.0 Å². The van der Waals surface area contributed by atoms with Crippen LogP contribution in [0.3, 0.4) is 0 Å². The largest absolute Gasteiger partial charge is 0.319 e. The number of carbonyl (C=O) groups excluding carboxylic acids is 1. The number of benzene rings is 2. The van der Waals surface area contributed by atoms with Crippen molar-refractivity contribution in [2.24, 2.45) is 0 Å². The Balaban J connectivity index is 1.75. The Labute approximate surface area is 156 Å². The van der Waals surface area contributed by atoms with Crippen molar-refractivity contribution in [3.05, 3.63) is 83.9 Å². The van der Waals surface area contributed by atoms with Crippen molar-refractivity contribution in [2.75, 3.05) is 10.0 Å². The number of aryl methyl sites for hydroxylation is 1. The second kappa shape index (κ2) is 7.55. The van der Waals surface area contributed by atoms with Crippen LogP contribution in [0.1, 0.15) is 15.9 Å². The Morgan fingerprint density at radius 1 is 1.00 bits per heavy atom. The van der Waals surface area contributed by atoms with Crippen molar-refractivity contribution in [1.29, 1.82) is 0 Å². The van der Waals surface area contributed by atoms with Crippen LogP contribution in [-0.2, 0) is 10.0 Å². The lowest BCUT2D eigenvalue weighted by atomic mass is 10.2. The number of hydrogen-bond donors (Lipinski definition) is 2. The summed E-state index contributed by atoms with van der Waals surface area (Å²) in [6.07, 6.45) is 2.94. The van der Waals surface area contributed by atoms with E-state index in [0.717, 1.165) is 5.56 Å². The first-order chi connectivity index (χ1) is 12.8. The van der Waals surface area contributed by atoms with Gasteiger partial charge in [0.25, 0.3) is 15.9 Å². The Bertz CT molecular complexity index is 1070. The van der Waals surface area contributed by atoms with Gasteiger partial charge in [0.2, 0.25) is 0 Å². The summed E-state index contributed by atoms with van der Waals surface area (Å²) in [6.45, 7) is 1.74. The molecule has 138 valence electrons. The number of amides is 1. The quantitative estimate of drug-likeness (QED) is 0.703. The van der Waals surface area contributed by atoms with Crippen molar-refractivity contribution in [1.82, 2.24) is 4.98 Å². The van der Waals surface area contributed by atoms with E-state index in [9.17, 15) is 17.6 Å². The molecule has 0 bridgehead atoms. The van der Waals surface area contributed by atoms with E-state index in [0.29, 0.717) is 5.69 Å². The zero-order chi connectivity index (χ0) is 19.4. The zero-order valence-corrected chi connectivity index (χ0v) is 15.1. The van der Waals surface area contributed by atoms with E-state index in [4.69, 9.17) is 0 Å². The summed E-state index contributed by atoms with van der Waals surface area (Å²) in [5.41, 5.74) is 1.38. The average molecular weight is 385 g/mol. The highest BCUT2D eigenvalue weighted by Crippen LogP contribution is 2.18. The summed E-state index contributed by atoms with van der Waals surface area (Å²) < 4.78 is 41.0. The van der Waals surface area contributed by atoms with Crippen LogP contribution >= 0.6 is 0 Å². The second-order valence-corrected chi connectivity index (χ2v) is 7.49. The number of sulfonamides is 1. The first-order valence-electron chi connectivity index (χ1n) is 7.95. The van der Waals surface area contributed by atoms with E-state index >= 15 is 0 Å². The molecule has 0 saturated carbocycles. The molecule has 1 aromatic heterocycles. The highest BCUT2D eigenvalue weighted by Gasteiger charge is 2.16. The SMILES string of the molecule is Cc1ccc(NC(=O)c2ccc(S(=O)(=O)Nc3ccncc3)cc2)c(F)c1. The number of rotatable bonds is 5. The third-order valence-electron chi connectivity index (χ3n) is 3.73. The van der Waals surface area contributed by atoms with Gasteiger partial charge in [0, 0.05) is 18.0 Å². The highest BCUT2D eigenvalue weighted by atomic mass is 32.2. The minimum atomic E-state index is -3.80. The van der Waals surface area contributed by atoms with E-state index in [1.54, 1.807) is 13.0 Å². The van der Waals surface area contributed by atoms with Gasteiger partial charge in [-0.05, 0) is 61.0 Å². The number of halogens is 1. The lowest BCUT2D eigenvalue weighted by molar-refractivity contribution is 0.102. The Morgan fingerprint density at radius 2 is 1.67 bits per heavy atom. The van der Waals surface area contributed by atoms with Gasteiger partial charge in [-0.3, -0.25) is 14.5 Å². The molecule has 0 spiro atoms. The molecule has 27 heavy (non-hydrogen) atoms. The molecular weight excluding hydrogens is 369 g/mol. The molecule has 0 fully saturated rings. The first kappa shape index (κ1) is 18.5. The molecule has 0 atom stereocenters. The molecule has 2 N–H and O–H groups in total. The molecule has 3 rings (SSSR count). The van der Waals surface area contributed by atoms with Gasteiger partial charge in [-0.2, -0.15) is 0 Å². The smallest absolute Gasteiger partial charge is 0.261 e. The maximum atomic E-state index is 13.8. The van der Waals surface area contributed by atoms with Gasteiger partial charge in [0.15, 0.2) is 0 Å². The molecule has 0 unspecified atom stereocenters. The molecule has 0 saturated heterocycles. The fraction of sp³-hybridized carbons (Fsp3) is 0.0526. The molecule has 0 radical (unpaired) electrons. The summed E-state index contributed by atoms with van der Waals surface area (Å²) in [5.74, 6) is -1.08. The zero-order valence-electron chi connectivity index (χ0n) is 14.3. The molecular formula is C19H16FN3O3S. The monoisotopic (exact) mass is 385 g/mol. The molecule has 1 amide bonds. The first-order valence-corrected chi connectivity index (χ1v) is 9.44. The number of pyridine rings is 1. The van der Waals surface area contributed by atoms with Crippen molar-refractivity contribution in [3.8, 4) is 0 Å². The fourth-order valence-electron chi connectivity index (χ4n) is 2.34.